The molecular weight excluding hydrogens is 740 g/mol. The van der Waals surface area contributed by atoms with Gasteiger partial charge in [-0.3, -0.25) is 14.7 Å². The summed E-state index contributed by atoms with van der Waals surface area (Å²) in [5, 5.41) is 17.3. The van der Waals surface area contributed by atoms with Crippen molar-refractivity contribution in [2.45, 2.75) is 71.1 Å². The minimum absolute atomic E-state index is 0.0147. The van der Waals surface area contributed by atoms with Gasteiger partial charge in [0.2, 0.25) is 5.91 Å². The molecule has 0 unspecified atom stereocenters. The van der Waals surface area contributed by atoms with Crippen molar-refractivity contribution in [2.75, 3.05) is 38.1 Å². The van der Waals surface area contributed by atoms with Gasteiger partial charge < -0.3 is 30.2 Å². The van der Waals surface area contributed by atoms with Crippen LogP contribution in [0.2, 0.25) is 0 Å². The molecule has 15 heteroatoms. The third-order valence-electron chi connectivity index (χ3n) is 9.24. The van der Waals surface area contributed by atoms with E-state index in [1.54, 1.807) is 50.7 Å². The van der Waals surface area contributed by atoms with E-state index in [9.17, 15) is 22.8 Å². The van der Waals surface area contributed by atoms with Crippen molar-refractivity contribution in [1.29, 1.82) is 0 Å². The van der Waals surface area contributed by atoms with Crippen molar-refractivity contribution >= 4 is 40.4 Å². The van der Waals surface area contributed by atoms with Gasteiger partial charge in [0.25, 0.3) is 5.91 Å². The van der Waals surface area contributed by atoms with Gasteiger partial charge in [0.15, 0.2) is 0 Å². The molecule has 0 radical (unpaired) electrons. The van der Waals surface area contributed by atoms with Gasteiger partial charge in [0.05, 0.1) is 37.5 Å². The monoisotopic (exact) mass is 787 g/mol. The van der Waals surface area contributed by atoms with Crippen LogP contribution in [-0.2, 0) is 22.3 Å². The third-order valence-corrected chi connectivity index (χ3v) is 9.24. The van der Waals surface area contributed by atoms with E-state index in [0.29, 0.717) is 59.0 Å². The maximum absolute atomic E-state index is 13.2. The van der Waals surface area contributed by atoms with Crippen molar-refractivity contribution in [3.63, 3.8) is 0 Å². The fraction of sp³-hybridized carbons (Fsp3) is 0.357. The average Bonchev–Trinajstić information content (AvgIpc) is 3.68. The summed E-state index contributed by atoms with van der Waals surface area (Å²) in [7, 11) is 3.17. The largest absolute Gasteiger partial charge is 0.497 e. The van der Waals surface area contributed by atoms with Crippen LogP contribution < -0.4 is 25.4 Å². The minimum atomic E-state index is -4.57. The molecule has 3 aromatic heterocycles. The first-order valence-corrected chi connectivity index (χ1v) is 18.9. The summed E-state index contributed by atoms with van der Waals surface area (Å²) in [6.45, 7) is 4.74. The highest BCUT2D eigenvalue weighted by Gasteiger charge is 2.31. The highest BCUT2D eigenvalue weighted by atomic mass is 19.4. The molecule has 302 valence electrons. The predicted octanol–water partition coefficient (Wildman–Crippen LogP) is 8.82. The third kappa shape index (κ3) is 11.3. The number of aromatic nitrogens is 4. The molecule has 4 N–H and O–H groups in total. The Labute approximate surface area is 329 Å². The maximum Gasteiger partial charge on any atom is 0.416 e. The first-order valence-electron chi connectivity index (χ1n) is 18.9. The van der Waals surface area contributed by atoms with Gasteiger partial charge in [-0.25, -0.2) is 9.97 Å². The summed E-state index contributed by atoms with van der Waals surface area (Å²) >= 11 is 0. The molecule has 2 amide bonds. The van der Waals surface area contributed by atoms with Crippen LogP contribution in [0.5, 0.6) is 11.5 Å². The molecule has 5 aromatic rings. The Kier molecular flexibility index (Phi) is 15.0. The van der Waals surface area contributed by atoms with E-state index in [4.69, 9.17) is 19.2 Å². The number of amides is 2. The number of alkyl halides is 3. The Morgan fingerprint density at radius 1 is 0.965 bits per heavy atom. The summed E-state index contributed by atoms with van der Waals surface area (Å²) in [6, 6.07) is 13.9. The molecule has 12 nitrogen and oxygen atoms in total. The fourth-order valence-electron chi connectivity index (χ4n) is 6.38. The van der Waals surface area contributed by atoms with Gasteiger partial charge in [0, 0.05) is 53.3 Å². The van der Waals surface area contributed by atoms with Crippen molar-refractivity contribution < 1.29 is 37.0 Å². The van der Waals surface area contributed by atoms with Crippen molar-refractivity contribution in [2.24, 2.45) is 0 Å². The number of fused-ring (bicyclic) bond motifs is 1. The molecule has 1 aliphatic carbocycles. The SMILES string of the molecule is CC.COc1ccc(CNc2ncc(/C=C/CCOCC(=O)NC3CCCCC3)c3n[nH]c(-c4ccc(C(=O)Nc5cc(C(F)(F)F)ccn5)cc4)c23)c(OC)c1. The van der Waals surface area contributed by atoms with E-state index in [0.717, 1.165) is 55.1 Å². The number of nitrogens with one attached hydrogen (secondary N) is 4. The lowest BCUT2D eigenvalue weighted by Crippen LogP contribution is -2.38. The van der Waals surface area contributed by atoms with E-state index in [1.807, 2.05) is 38.1 Å². The van der Waals surface area contributed by atoms with Gasteiger partial charge in [-0.15, -0.1) is 0 Å². The van der Waals surface area contributed by atoms with E-state index < -0.39 is 17.6 Å². The zero-order chi connectivity index (χ0) is 40.8. The Hall–Kier alpha value is -5.96. The van der Waals surface area contributed by atoms with E-state index in [-0.39, 0.29) is 29.9 Å². The molecule has 0 aliphatic heterocycles. The van der Waals surface area contributed by atoms with E-state index >= 15 is 0 Å². The molecule has 2 aromatic carbocycles. The lowest BCUT2D eigenvalue weighted by atomic mass is 9.95. The summed E-state index contributed by atoms with van der Waals surface area (Å²) in [4.78, 5) is 33.8. The second-order valence-electron chi connectivity index (χ2n) is 13.0. The predicted molar refractivity (Wildman–Crippen MR) is 214 cm³/mol. The molecular formula is C42H48F3N7O5. The molecule has 0 saturated heterocycles. The second kappa shape index (κ2) is 20.3. The number of ether oxygens (including phenoxy) is 3. The van der Waals surface area contributed by atoms with Crippen molar-refractivity contribution in [3.8, 4) is 22.8 Å². The van der Waals surface area contributed by atoms with Gasteiger partial charge in [-0.05, 0) is 55.7 Å². The topological polar surface area (TPSA) is 152 Å². The van der Waals surface area contributed by atoms with Crippen molar-refractivity contribution in [1.82, 2.24) is 25.5 Å². The van der Waals surface area contributed by atoms with E-state index in [2.05, 4.69) is 31.1 Å². The fourth-order valence-corrected chi connectivity index (χ4v) is 6.38. The summed E-state index contributed by atoms with van der Waals surface area (Å²) in [6.07, 6.45) is 8.07. The van der Waals surface area contributed by atoms with Crippen molar-refractivity contribution in [3.05, 3.63) is 95.3 Å². The molecule has 3 heterocycles. The van der Waals surface area contributed by atoms with E-state index in [1.165, 1.54) is 6.42 Å². The zero-order valence-corrected chi connectivity index (χ0v) is 32.5. The number of aromatic amines is 1. The number of methoxy groups -OCH3 is 2. The van der Waals surface area contributed by atoms with Crippen LogP contribution in [0.25, 0.3) is 28.2 Å². The molecule has 1 saturated carbocycles. The molecule has 1 fully saturated rings. The quantitative estimate of drug-likeness (QED) is 0.0763. The minimum Gasteiger partial charge on any atom is -0.497 e. The molecule has 0 atom stereocenters. The van der Waals surface area contributed by atoms with Gasteiger partial charge in [-0.2, -0.15) is 18.3 Å². The van der Waals surface area contributed by atoms with Crippen LogP contribution in [0.3, 0.4) is 0 Å². The van der Waals surface area contributed by atoms with Crippen LogP contribution in [0, 0.1) is 0 Å². The van der Waals surface area contributed by atoms with Crippen LogP contribution >= 0.6 is 0 Å². The Bertz CT molecular complexity index is 2130. The van der Waals surface area contributed by atoms with Gasteiger partial charge in [0.1, 0.15) is 35.3 Å². The maximum atomic E-state index is 13.2. The number of H-pyrrole nitrogens is 1. The number of carbonyl (C=O) groups excluding carboxylic acids is 2. The molecule has 1 aliphatic rings. The normalized spacial score (nSPS) is 13.2. The first kappa shape index (κ1) is 42.2. The highest BCUT2D eigenvalue weighted by molar-refractivity contribution is 6.06. The van der Waals surface area contributed by atoms with Crippen LogP contribution in [0.15, 0.2) is 73.1 Å². The Morgan fingerprint density at radius 2 is 1.74 bits per heavy atom. The van der Waals surface area contributed by atoms with Gasteiger partial charge >= 0.3 is 6.18 Å². The lowest BCUT2D eigenvalue weighted by molar-refractivity contribution is -0.137. The summed E-state index contributed by atoms with van der Waals surface area (Å²) < 4.78 is 56.1. The summed E-state index contributed by atoms with van der Waals surface area (Å²) in [5.74, 6) is 0.905. The van der Waals surface area contributed by atoms with Crippen LogP contribution in [0.1, 0.15) is 79.4 Å². The standard InChI is InChI=1S/C40H42F3N7O5.C2H6/c1-53-31-16-15-27(32(21-31)54-2)22-45-38-35-36(25-11-13-26(14-12-25)39(52)48-33-20-29(17-18-44-33)40(41,42)43)49-50-37(35)28(23-46-38)8-6-7-19-55-24-34(51)47-30-9-4-3-5-10-30;1-2/h6,8,11-18,20-21,23,30H,3-5,7,9-10,19,22,24H2,1-2H3,(H,45,46)(H,47,51)(H,49,50)(H,44,48,52);1-2H3/b8-6+;. The number of hydrogen-bond donors (Lipinski definition) is 4. The number of benzene rings is 2. The molecule has 0 bridgehead atoms. The van der Waals surface area contributed by atoms with Crippen LogP contribution in [0.4, 0.5) is 24.8 Å². The smallest absolute Gasteiger partial charge is 0.416 e. The Morgan fingerprint density at radius 3 is 2.46 bits per heavy atom. The molecule has 6 rings (SSSR count). The average molecular weight is 788 g/mol. The number of nitrogens with zero attached hydrogens (tertiary/aromatic N) is 3. The Balaban J connectivity index is 0.00000305. The lowest BCUT2D eigenvalue weighted by Gasteiger charge is -2.22. The second-order valence-corrected chi connectivity index (χ2v) is 13.0. The number of carbonyl (C=O) groups is 2. The highest BCUT2D eigenvalue weighted by Crippen LogP contribution is 2.35. The number of anilines is 2. The number of halogens is 3. The van der Waals surface area contributed by atoms with Crippen LogP contribution in [-0.4, -0.2) is 65.5 Å². The zero-order valence-electron chi connectivity index (χ0n) is 32.5. The number of rotatable bonds is 15. The van der Waals surface area contributed by atoms with Gasteiger partial charge in [-0.1, -0.05) is 57.4 Å². The number of pyridine rings is 2. The summed E-state index contributed by atoms with van der Waals surface area (Å²) in [5.41, 5.74) is 2.85. The number of hydrogen-bond acceptors (Lipinski definition) is 9. The first-order chi connectivity index (χ1) is 27.6. The molecule has 57 heavy (non-hydrogen) atoms. The molecule has 0 spiro atoms.